The summed E-state index contributed by atoms with van der Waals surface area (Å²) >= 11 is 0. The molecule has 1 rings (SSSR count). The second kappa shape index (κ2) is 5.92. The van der Waals surface area contributed by atoms with Crippen LogP contribution in [-0.2, 0) is 4.74 Å². The molecule has 0 aromatic heterocycles. The van der Waals surface area contributed by atoms with E-state index in [0.29, 0.717) is 17.9 Å². The molecule has 0 spiro atoms. The lowest BCUT2D eigenvalue weighted by atomic mass is 9.84. The van der Waals surface area contributed by atoms with Crippen LogP contribution in [0.4, 0.5) is 0 Å². The van der Waals surface area contributed by atoms with Crippen LogP contribution in [0.25, 0.3) is 0 Å². The maximum atomic E-state index is 5.50. The van der Waals surface area contributed by atoms with Gasteiger partial charge in [-0.2, -0.15) is 0 Å². The van der Waals surface area contributed by atoms with Crippen molar-refractivity contribution in [1.29, 1.82) is 0 Å². The van der Waals surface area contributed by atoms with Crippen molar-refractivity contribution in [2.45, 2.75) is 39.2 Å². The minimum absolute atomic E-state index is 0.361. The molecule has 1 aromatic rings. The normalized spacial score (nSPS) is 17.1. The molecule has 0 radical (unpaired) electrons. The van der Waals surface area contributed by atoms with Gasteiger partial charge >= 0.3 is 0 Å². The van der Waals surface area contributed by atoms with Crippen LogP contribution in [-0.4, -0.2) is 13.2 Å². The van der Waals surface area contributed by atoms with Crippen molar-refractivity contribution in [1.82, 2.24) is 0 Å². The van der Waals surface area contributed by atoms with E-state index >= 15 is 0 Å². The third-order valence-corrected chi connectivity index (χ3v) is 3.41. The van der Waals surface area contributed by atoms with E-state index < -0.39 is 0 Å². The lowest BCUT2D eigenvalue weighted by Crippen LogP contribution is -2.24. The van der Waals surface area contributed by atoms with Gasteiger partial charge in [-0.15, -0.1) is 0 Å². The molecule has 15 heavy (non-hydrogen) atoms. The molecule has 84 valence electrons. The highest BCUT2D eigenvalue weighted by molar-refractivity contribution is 5.19. The van der Waals surface area contributed by atoms with E-state index in [9.17, 15) is 0 Å². The van der Waals surface area contributed by atoms with Gasteiger partial charge in [0.05, 0.1) is 6.10 Å². The van der Waals surface area contributed by atoms with Gasteiger partial charge in [0.2, 0.25) is 0 Å². The third-order valence-electron chi connectivity index (χ3n) is 3.41. The summed E-state index contributed by atoms with van der Waals surface area (Å²) in [6.45, 7) is 6.74. The Balaban J connectivity index is 2.71. The Morgan fingerprint density at radius 3 is 2.20 bits per heavy atom. The van der Waals surface area contributed by atoms with Gasteiger partial charge in [0.25, 0.3) is 0 Å². The molecular weight excluding hydrogens is 184 g/mol. The van der Waals surface area contributed by atoms with Crippen molar-refractivity contribution >= 4 is 0 Å². The fourth-order valence-electron chi connectivity index (χ4n) is 2.14. The smallest absolute Gasteiger partial charge is 0.0600 e. The van der Waals surface area contributed by atoms with Crippen molar-refractivity contribution < 1.29 is 4.74 Å². The van der Waals surface area contributed by atoms with Crippen LogP contribution in [0.3, 0.4) is 0 Å². The summed E-state index contributed by atoms with van der Waals surface area (Å²) in [5.41, 5.74) is 1.40. The second-order valence-corrected chi connectivity index (χ2v) is 4.24. The van der Waals surface area contributed by atoms with Crippen LogP contribution >= 0.6 is 0 Å². The van der Waals surface area contributed by atoms with Crippen molar-refractivity contribution in [3.05, 3.63) is 35.9 Å². The SMILES string of the molecule is CC[C@H](OC)[C@@H](C)C(C)c1ccccc1. The van der Waals surface area contributed by atoms with Crippen LogP contribution in [0.5, 0.6) is 0 Å². The molecule has 3 atom stereocenters. The first kappa shape index (κ1) is 12.3. The van der Waals surface area contributed by atoms with Gasteiger partial charge in [-0.3, -0.25) is 0 Å². The van der Waals surface area contributed by atoms with E-state index in [2.05, 4.69) is 51.1 Å². The molecule has 0 aliphatic carbocycles. The Morgan fingerprint density at radius 2 is 1.73 bits per heavy atom. The molecule has 0 saturated heterocycles. The molecular formula is C14H22O. The number of rotatable bonds is 5. The Labute approximate surface area is 93.5 Å². The zero-order chi connectivity index (χ0) is 11.3. The highest BCUT2D eigenvalue weighted by Crippen LogP contribution is 2.28. The molecule has 0 aliphatic heterocycles. The molecule has 0 N–H and O–H groups in total. The minimum atomic E-state index is 0.361. The van der Waals surface area contributed by atoms with Crippen LogP contribution in [0.1, 0.15) is 38.7 Å². The number of methoxy groups -OCH3 is 1. The summed E-state index contributed by atoms with van der Waals surface area (Å²) in [6, 6.07) is 10.7. The van der Waals surface area contributed by atoms with Crippen molar-refractivity contribution in [2.75, 3.05) is 7.11 Å². The van der Waals surface area contributed by atoms with E-state index in [-0.39, 0.29) is 0 Å². The Kier molecular flexibility index (Phi) is 4.83. The predicted molar refractivity (Wildman–Crippen MR) is 65.1 cm³/mol. The van der Waals surface area contributed by atoms with Crippen molar-refractivity contribution in [3.8, 4) is 0 Å². The molecule has 0 saturated carbocycles. The number of ether oxygens (including phenoxy) is 1. The van der Waals surface area contributed by atoms with Gasteiger partial charge < -0.3 is 4.74 Å². The summed E-state index contributed by atoms with van der Waals surface area (Å²) in [5.74, 6) is 1.11. The number of benzene rings is 1. The molecule has 0 bridgehead atoms. The Bertz CT molecular complexity index is 264. The monoisotopic (exact) mass is 206 g/mol. The van der Waals surface area contributed by atoms with Gasteiger partial charge in [-0.25, -0.2) is 0 Å². The summed E-state index contributed by atoms with van der Waals surface area (Å²) in [5, 5.41) is 0. The molecule has 0 amide bonds. The van der Waals surface area contributed by atoms with E-state index in [1.807, 2.05) is 7.11 Å². The average Bonchev–Trinajstić information content (AvgIpc) is 2.30. The van der Waals surface area contributed by atoms with E-state index in [1.165, 1.54) is 5.56 Å². The van der Waals surface area contributed by atoms with Crippen LogP contribution in [0, 0.1) is 5.92 Å². The van der Waals surface area contributed by atoms with Gasteiger partial charge in [-0.1, -0.05) is 51.1 Å². The average molecular weight is 206 g/mol. The molecule has 1 nitrogen and oxygen atoms in total. The van der Waals surface area contributed by atoms with E-state index in [4.69, 9.17) is 4.74 Å². The molecule has 1 heteroatoms. The highest BCUT2D eigenvalue weighted by Gasteiger charge is 2.21. The molecule has 1 aromatic carbocycles. The quantitative estimate of drug-likeness (QED) is 0.711. The van der Waals surface area contributed by atoms with Crippen LogP contribution in [0.15, 0.2) is 30.3 Å². The first-order valence-corrected chi connectivity index (χ1v) is 5.78. The fourth-order valence-corrected chi connectivity index (χ4v) is 2.14. The summed E-state index contributed by atoms with van der Waals surface area (Å²) in [4.78, 5) is 0. The van der Waals surface area contributed by atoms with Gasteiger partial charge in [-0.05, 0) is 23.8 Å². The predicted octanol–water partition coefficient (Wildman–Crippen LogP) is 3.85. The zero-order valence-electron chi connectivity index (χ0n) is 10.2. The maximum absolute atomic E-state index is 5.50. The first-order chi connectivity index (χ1) is 7.20. The van der Waals surface area contributed by atoms with E-state index in [1.54, 1.807) is 0 Å². The lowest BCUT2D eigenvalue weighted by Gasteiger charge is -2.27. The van der Waals surface area contributed by atoms with Crippen LogP contribution < -0.4 is 0 Å². The van der Waals surface area contributed by atoms with Crippen molar-refractivity contribution in [2.24, 2.45) is 5.92 Å². The standard InChI is InChI=1S/C14H22O/c1-5-14(15-4)12(3)11(2)13-9-7-6-8-10-13/h6-12,14H,5H2,1-4H3/t11?,12-,14-/m0/s1. The molecule has 0 heterocycles. The summed E-state index contributed by atoms with van der Waals surface area (Å²) < 4.78 is 5.50. The van der Waals surface area contributed by atoms with Crippen LogP contribution in [0.2, 0.25) is 0 Å². The van der Waals surface area contributed by atoms with Gasteiger partial charge in [0.15, 0.2) is 0 Å². The highest BCUT2D eigenvalue weighted by atomic mass is 16.5. The summed E-state index contributed by atoms with van der Waals surface area (Å²) in [6.07, 6.45) is 1.44. The molecule has 0 aliphatic rings. The maximum Gasteiger partial charge on any atom is 0.0600 e. The Hall–Kier alpha value is -0.820. The second-order valence-electron chi connectivity index (χ2n) is 4.24. The lowest BCUT2D eigenvalue weighted by molar-refractivity contribution is 0.0472. The molecule has 0 fully saturated rings. The first-order valence-electron chi connectivity index (χ1n) is 5.78. The van der Waals surface area contributed by atoms with Gasteiger partial charge in [0.1, 0.15) is 0 Å². The van der Waals surface area contributed by atoms with Gasteiger partial charge in [0, 0.05) is 7.11 Å². The Morgan fingerprint density at radius 1 is 1.13 bits per heavy atom. The zero-order valence-corrected chi connectivity index (χ0v) is 10.2. The molecule has 1 unspecified atom stereocenters. The fraction of sp³-hybridized carbons (Fsp3) is 0.571. The number of hydrogen-bond acceptors (Lipinski definition) is 1. The topological polar surface area (TPSA) is 9.23 Å². The minimum Gasteiger partial charge on any atom is -0.381 e. The van der Waals surface area contributed by atoms with Crippen molar-refractivity contribution in [3.63, 3.8) is 0 Å². The summed E-state index contributed by atoms with van der Waals surface area (Å²) in [7, 11) is 1.81. The largest absolute Gasteiger partial charge is 0.381 e. The van der Waals surface area contributed by atoms with E-state index in [0.717, 1.165) is 6.42 Å². The third kappa shape index (κ3) is 3.07. The number of hydrogen-bond donors (Lipinski definition) is 0.